The number of aryl methyl sites for hydroxylation is 1. The maximum absolute atomic E-state index is 14.6. The van der Waals surface area contributed by atoms with Crippen molar-refractivity contribution in [2.75, 3.05) is 43.4 Å². The second-order valence-electron chi connectivity index (χ2n) is 8.96. The molecule has 0 saturated carbocycles. The summed E-state index contributed by atoms with van der Waals surface area (Å²) < 4.78 is 20.6. The topological polar surface area (TPSA) is 82.2 Å². The van der Waals surface area contributed by atoms with E-state index < -0.39 is 0 Å². The van der Waals surface area contributed by atoms with E-state index in [1.54, 1.807) is 17.4 Å². The summed E-state index contributed by atoms with van der Waals surface area (Å²) in [4.78, 5) is 22.4. The summed E-state index contributed by atoms with van der Waals surface area (Å²) in [6.45, 7) is 9.77. The number of thiazole rings is 1. The zero-order valence-electron chi connectivity index (χ0n) is 19.7. The lowest BCUT2D eigenvalue weighted by Gasteiger charge is -2.33. The molecule has 0 amide bonds. The van der Waals surface area contributed by atoms with E-state index in [0.717, 1.165) is 48.2 Å². The molecule has 0 spiro atoms. The molecule has 2 N–H and O–H groups in total. The normalized spacial score (nSPS) is 14.8. The van der Waals surface area contributed by atoms with Crippen molar-refractivity contribution in [3.05, 3.63) is 46.9 Å². The summed E-state index contributed by atoms with van der Waals surface area (Å²) in [7, 11) is 2.11. The Labute approximate surface area is 201 Å². The molecule has 178 valence electrons. The second kappa shape index (κ2) is 9.19. The summed E-state index contributed by atoms with van der Waals surface area (Å²) in [6, 6.07) is 7.09. The molecule has 0 unspecified atom stereocenters. The molecular weight excluding hydrogens is 453 g/mol. The van der Waals surface area contributed by atoms with Gasteiger partial charge in [-0.2, -0.15) is 9.97 Å². The van der Waals surface area contributed by atoms with Crippen LogP contribution >= 0.6 is 11.3 Å². The van der Waals surface area contributed by atoms with Gasteiger partial charge >= 0.3 is 6.01 Å². The number of benzene rings is 1. The van der Waals surface area contributed by atoms with Gasteiger partial charge in [-0.3, -0.25) is 0 Å². The number of anilines is 3. The standard InChI is InChI=1S/C24H28FN7OS/c1-14(2)19-13-26-24(34-19)29-20-12-21(32-7-5-31(4)6-8-32)30-23(28-20)33-17-10-16-9-15(3)27-22(16)18(25)11-17/h9-14,27H,5-8H2,1-4H3,(H,26,28,29,30). The fourth-order valence-electron chi connectivity index (χ4n) is 3.92. The molecule has 1 aromatic carbocycles. The van der Waals surface area contributed by atoms with Crippen LogP contribution in [0.25, 0.3) is 10.9 Å². The summed E-state index contributed by atoms with van der Waals surface area (Å²) >= 11 is 1.60. The number of aromatic nitrogens is 4. The number of hydrogen-bond donors (Lipinski definition) is 2. The van der Waals surface area contributed by atoms with Crippen molar-refractivity contribution < 1.29 is 9.13 Å². The number of halogens is 1. The molecule has 1 aliphatic rings. The molecule has 1 saturated heterocycles. The van der Waals surface area contributed by atoms with E-state index in [0.29, 0.717) is 23.0 Å². The summed E-state index contributed by atoms with van der Waals surface area (Å²) in [6.07, 6.45) is 1.88. The van der Waals surface area contributed by atoms with Crippen molar-refractivity contribution >= 4 is 39.0 Å². The Morgan fingerprint density at radius 3 is 2.65 bits per heavy atom. The molecule has 0 aliphatic carbocycles. The van der Waals surface area contributed by atoms with Crippen molar-refractivity contribution in [3.8, 4) is 11.8 Å². The van der Waals surface area contributed by atoms with Crippen molar-refractivity contribution in [2.45, 2.75) is 26.7 Å². The molecule has 4 aromatic rings. The van der Waals surface area contributed by atoms with Crippen LogP contribution in [0.2, 0.25) is 0 Å². The summed E-state index contributed by atoms with van der Waals surface area (Å²) in [5, 5.41) is 4.80. The van der Waals surface area contributed by atoms with Gasteiger partial charge in [0.25, 0.3) is 0 Å². The first kappa shape index (κ1) is 22.5. The lowest BCUT2D eigenvalue weighted by atomic mass is 10.2. The zero-order valence-corrected chi connectivity index (χ0v) is 20.5. The van der Waals surface area contributed by atoms with Gasteiger partial charge in [-0.25, -0.2) is 9.37 Å². The molecule has 3 aromatic heterocycles. The lowest BCUT2D eigenvalue weighted by Crippen LogP contribution is -2.44. The maximum atomic E-state index is 14.6. The first-order chi connectivity index (χ1) is 16.3. The number of piperazine rings is 1. The van der Waals surface area contributed by atoms with Gasteiger partial charge in [0.1, 0.15) is 17.4 Å². The first-order valence-electron chi connectivity index (χ1n) is 11.4. The SMILES string of the molecule is Cc1cc2cc(Oc3nc(Nc4ncc(C(C)C)s4)cc(N4CCN(C)CC4)n3)cc(F)c2[nH]1. The molecule has 4 heterocycles. The third-order valence-corrected chi connectivity index (χ3v) is 7.06. The highest BCUT2D eigenvalue weighted by molar-refractivity contribution is 7.15. The van der Waals surface area contributed by atoms with Crippen LogP contribution in [0.5, 0.6) is 11.8 Å². The Hall–Kier alpha value is -3.24. The number of nitrogens with zero attached hydrogens (tertiary/aromatic N) is 5. The molecule has 5 rings (SSSR count). The highest BCUT2D eigenvalue weighted by Crippen LogP contribution is 2.31. The monoisotopic (exact) mass is 481 g/mol. The Bertz CT molecular complexity index is 1310. The Balaban J connectivity index is 1.47. The van der Waals surface area contributed by atoms with E-state index >= 15 is 0 Å². The maximum Gasteiger partial charge on any atom is 0.325 e. The van der Waals surface area contributed by atoms with Gasteiger partial charge in [0, 0.05) is 60.5 Å². The van der Waals surface area contributed by atoms with E-state index in [1.807, 2.05) is 25.3 Å². The number of fused-ring (bicyclic) bond motifs is 1. The minimum absolute atomic E-state index is 0.158. The van der Waals surface area contributed by atoms with E-state index in [-0.39, 0.29) is 11.8 Å². The lowest BCUT2D eigenvalue weighted by molar-refractivity contribution is 0.311. The van der Waals surface area contributed by atoms with Crippen LogP contribution in [0.4, 0.5) is 21.2 Å². The van der Waals surface area contributed by atoms with Crippen molar-refractivity contribution in [2.24, 2.45) is 0 Å². The molecule has 1 aliphatic heterocycles. The zero-order chi connectivity index (χ0) is 23.8. The van der Waals surface area contributed by atoms with Gasteiger partial charge < -0.3 is 24.8 Å². The molecule has 8 nitrogen and oxygen atoms in total. The fourth-order valence-corrected chi connectivity index (χ4v) is 4.74. The average molecular weight is 482 g/mol. The van der Waals surface area contributed by atoms with Gasteiger partial charge in [0.2, 0.25) is 0 Å². The highest BCUT2D eigenvalue weighted by Gasteiger charge is 2.19. The number of H-pyrrole nitrogens is 1. The molecule has 0 atom stereocenters. The van der Waals surface area contributed by atoms with E-state index in [4.69, 9.17) is 4.74 Å². The first-order valence-corrected chi connectivity index (χ1v) is 12.2. The molecular formula is C24H28FN7OS. The molecule has 0 radical (unpaired) electrons. The minimum Gasteiger partial charge on any atom is -0.424 e. The van der Waals surface area contributed by atoms with Gasteiger partial charge in [-0.1, -0.05) is 13.8 Å². The summed E-state index contributed by atoms with van der Waals surface area (Å²) in [5.74, 6) is 1.73. The van der Waals surface area contributed by atoms with Gasteiger partial charge in [-0.05, 0) is 32.0 Å². The van der Waals surface area contributed by atoms with Crippen LogP contribution in [-0.2, 0) is 0 Å². The number of aromatic amines is 1. The van der Waals surface area contributed by atoms with Crippen LogP contribution in [0.3, 0.4) is 0 Å². The van der Waals surface area contributed by atoms with Crippen molar-refractivity contribution in [3.63, 3.8) is 0 Å². The van der Waals surface area contributed by atoms with Crippen LogP contribution < -0.4 is 15.0 Å². The molecule has 34 heavy (non-hydrogen) atoms. The quantitative estimate of drug-likeness (QED) is 0.388. The van der Waals surface area contributed by atoms with Gasteiger partial charge in [-0.15, -0.1) is 11.3 Å². The number of nitrogens with one attached hydrogen (secondary N) is 2. The number of hydrogen-bond acceptors (Lipinski definition) is 8. The van der Waals surface area contributed by atoms with Crippen LogP contribution in [0.15, 0.2) is 30.5 Å². The summed E-state index contributed by atoms with van der Waals surface area (Å²) in [5.41, 5.74) is 1.35. The fraction of sp³-hybridized carbons (Fsp3) is 0.375. The van der Waals surface area contributed by atoms with E-state index in [9.17, 15) is 4.39 Å². The van der Waals surface area contributed by atoms with E-state index in [2.05, 4.69) is 55.9 Å². The van der Waals surface area contributed by atoms with Gasteiger partial charge in [0.15, 0.2) is 10.9 Å². The Morgan fingerprint density at radius 2 is 1.91 bits per heavy atom. The Kier molecular flexibility index (Phi) is 6.09. The number of ether oxygens (including phenoxy) is 1. The third kappa shape index (κ3) is 4.83. The van der Waals surface area contributed by atoms with Crippen LogP contribution in [0.1, 0.15) is 30.3 Å². The van der Waals surface area contributed by atoms with Gasteiger partial charge in [0.05, 0.1) is 5.52 Å². The van der Waals surface area contributed by atoms with Crippen molar-refractivity contribution in [1.29, 1.82) is 0 Å². The van der Waals surface area contributed by atoms with Crippen LogP contribution in [-0.4, -0.2) is 58.1 Å². The molecule has 0 bridgehead atoms. The number of rotatable bonds is 6. The second-order valence-corrected chi connectivity index (χ2v) is 10.0. The predicted molar refractivity (Wildman–Crippen MR) is 134 cm³/mol. The number of likely N-dealkylation sites (N-methyl/N-ethyl adjacent to an activating group) is 1. The van der Waals surface area contributed by atoms with Crippen LogP contribution in [0, 0.1) is 12.7 Å². The van der Waals surface area contributed by atoms with Crippen molar-refractivity contribution in [1.82, 2.24) is 24.8 Å². The Morgan fingerprint density at radius 1 is 1.12 bits per heavy atom. The van der Waals surface area contributed by atoms with E-state index in [1.165, 1.54) is 10.9 Å². The average Bonchev–Trinajstić information content (AvgIpc) is 3.40. The minimum atomic E-state index is -0.377. The predicted octanol–water partition coefficient (Wildman–Crippen LogP) is 5.27. The molecule has 10 heteroatoms. The highest BCUT2D eigenvalue weighted by atomic mass is 32.1. The largest absolute Gasteiger partial charge is 0.424 e. The molecule has 1 fully saturated rings. The third-order valence-electron chi connectivity index (χ3n) is 5.84. The smallest absolute Gasteiger partial charge is 0.325 e.